The van der Waals surface area contributed by atoms with Gasteiger partial charge in [-0.3, -0.25) is 0 Å². The summed E-state index contributed by atoms with van der Waals surface area (Å²) in [6, 6.07) is 10.4. The van der Waals surface area contributed by atoms with Crippen LogP contribution < -0.4 is 0 Å². The molecule has 2 aromatic carbocycles. The Morgan fingerprint density at radius 1 is 1.11 bits per heavy atom. The molecule has 0 radical (unpaired) electrons. The molecular weight excluding hydrogens is 363 g/mol. The largest absolute Gasteiger partial charge is 0.338 e. The fourth-order valence-corrected chi connectivity index (χ4v) is 3.14. The average molecular weight is 370 g/mol. The van der Waals surface area contributed by atoms with Gasteiger partial charge in [-0.2, -0.15) is 0 Å². The monoisotopic (exact) mass is 368 g/mol. The molecule has 3 rings (SSSR count). The summed E-state index contributed by atoms with van der Waals surface area (Å²) >= 11 is 6.86. The number of rotatable bonds is 1. The van der Waals surface area contributed by atoms with Crippen LogP contribution in [0.2, 0.25) is 0 Å². The van der Waals surface area contributed by atoms with Crippen LogP contribution in [0.5, 0.6) is 0 Å². The minimum atomic E-state index is -0.285. The van der Waals surface area contributed by atoms with Crippen LogP contribution in [-0.2, 0) is 0 Å². The van der Waals surface area contributed by atoms with Crippen LogP contribution in [0.25, 0.3) is 22.4 Å². The third kappa shape index (κ3) is 1.97. The average Bonchev–Trinajstić information content (AvgIpc) is 2.73. The molecule has 3 aromatic rings. The van der Waals surface area contributed by atoms with Gasteiger partial charge < -0.3 is 4.98 Å². The van der Waals surface area contributed by atoms with E-state index in [1.807, 2.05) is 12.1 Å². The number of hydrogen-bond donors (Lipinski definition) is 1. The Bertz CT molecular complexity index is 737. The van der Waals surface area contributed by atoms with E-state index < -0.39 is 0 Å². The number of nitrogens with one attached hydrogen (secondary N) is 1. The van der Waals surface area contributed by atoms with Gasteiger partial charge in [-0.05, 0) is 40.2 Å². The lowest BCUT2D eigenvalue weighted by atomic mass is 10.2. The van der Waals surface area contributed by atoms with Crippen LogP contribution in [0, 0.1) is 5.82 Å². The number of hydrogen-bond acceptors (Lipinski definition) is 1. The van der Waals surface area contributed by atoms with Crippen LogP contribution in [0.4, 0.5) is 4.39 Å². The molecule has 0 bridgehead atoms. The molecule has 0 aliphatic heterocycles. The standard InChI is InChI=1S/C13H7Br2FN2/c14-7-5-9(15)12-11(6-7)17-13(18-12)8-3-1-2-4-10(8)16/h1-6H,(H,17,18). The number of nitrogens with zero attached hydrogens (tertiary/aromatic N) is 1. The summed E-state index contributed by atoms with van der Waals surface area (Å²) in [7, 11) is 0. The van der Waals surface area contributed by atoms with Crippen molar-refractivity contribution in [2.75, 3.05) is 0 Å². The van der Waals surface area contributed by atoms with Gasteiger partial charge in [0, 0.05) is 8.95 Å². The fraction of sp³-hybridized carbons (Fsp3) is 0. The van der Waals surface area contributed by atoms with E-state index in [2.05, 4.69) is 41.8 Å². The first kappa shape index (κ1) is 11.9. The molecule has 2 nitrogen and oxygen atoms in total. The molecule has 1 N–H and O–H groups in total. The lowest BCUT2D eigenvalue weighted by molar-refractivity contribution is 0.630. The van der Waals surface area contributed by atoms with Gasteiger partial charge >= 0.3 is 0 Å². The molecule has 0 spiro atoms. The van der Waals surface area contributed by atoms with Gasteiger partial charge in [0.05, 0.1) is 11.1 Å². The SMILES string of the molecule is Fc1ccccc1-c1nc2c(Br)cc(Br)cc2[nH]1. The Labute approximate surface area is 119 Å². The van der Waals surface area contributed by atoms with Crippen LogP contribution in [0.3, 0.4) is 0 Å². The molecule has 0 saturated carbocycles. The normalized spacial score (nSPS) is 11.1. The van der Waals surface area contributed by atoms with E-state index in [0.717, 1.165) is 20.0 Å². The molecule has 0 saturated heterocycles. The minimum Gasteiger partial charge on any atom is -0.338 e. The third-order valence-corrected chi connectivity index (χ3v) is 3.70. The first-order valence-corrected chi connectivity index (χ1v) is 6.83. The predicted octanol–water partition coefficient (Wildman–Crippen LogP) is 4.89. The molecule has 1 heterocycles. The van der Waals surface area contributed by atoms with Gasteiger partial charge in [0.2, 0.25) is 0 Å². The molecule has 90 valence electrons. The topological polar surface area (TPSA) is 28.7 Å². The fourth-order valence-electron chi connectivity index (χ4n) is 1.82. The van der Waals surface area contributed by atoms with Gasteiger partial charge in [0.15, 0.2) is 0 Å². The smallest absolute Gasteiger partial charge is 0.141 e. The summed E-state index contributed by atoms with van der Waals surface area (Å²) in [5.41, 5.74) is 2.11. The maximum atomic E-state index is 13.7. The minimum absolute atomic E-state index is 0.285. The second-order valence-corrected chi connectivity index (χ2v) is 5.62. The van der Waals surface area contributed by atoms with Crippen LogP contribution in [0.1, 0.15) is 0 Å². The number of H-pyrrole nitrogens is 1. The Kier molecular flexibility index (Phi) is 2.95. The molecule has 0 aliphatic carbocycles. The molecule has 18 heavy (non-hydrogen) atoms. The van der Waals surface area contributed by atoms with Crippen LogP contribution in [0.15, 0.2) is 45.3 Å². The Morgan fingerprint density at radius 2 is 1.89 bits per heavy atom. The highest BCUT2D eigenvalue weighted by atomic mass is 79.9. The molecule has 1 aromatic heterocycles. The van der Waals surface area contributed by atoms with Gasteiger partial charge in [-0.15, -0.1) is 0 Å². The molecule has 0 aliphatic rings. The van der Waals surface area contributed by atoms with Gasteiger partial charge in [-0.25, -0.2) is 9.37 Å². The predicted molar refractivity (Wildman–Crippen MR) is 76.9 cm³/mol. The van der Waals surface area contributed by atoms with Gasteiger partial charge in [0.25, 0.3) is 0 Å². The van der Waals surface area contributed by atoms with Crippen molar-refractivity contribution in [3.05, 3.63) is 51.2 Å². The van der Waals surface area contributed by atoms with Crippen molar-refractivity contribution in [2.45, 2.75) is 0 Å². The highest BCUT2D eigenvalue weighted by molar-refractivity contribution is 9.11. The second-order valence-electron chi connectivity index (χ2n) is 3.85. The van der Waals surface area contributed by atoms with Crippen molar-refractivity contribution in [2.24, 2.45) is 0 Å². The Balaban J connectivity index is 2.26. The zero-order valence-corrected chi connectivity index (χ0v) is 12.2. The Hall–Kier alpha value is -1.20. The van der Waals surface area contributed by atoms with Crippen molar-refractivity contribution in [3.8, 4) is 11.4 Å². The van der Waals surface area contributed by atoms with Gasteiger partial charge in [-0.1, -0.05) is 28.1 Å². The highest BCUT2D eigenvalue weighted by Crippen LogP contribution is 2.30. The maximum absolute atomic E-state index is 13.7. The zero-order valence-electron chi connectivity index (χ0n) is 9.05. The van der Waals surface area contributed by atoms with Gasteiger partial charge in [0.1, 0.15) is 17.2 Å². The first-order valence-electron chi connectivity index (χ1n) is 5.25. The van der Waals surface area contributed by atoms with Crippen molar-refractivity contribution >= 4 is 42.9 Å². The van der Waals surface area contributed by atoms with Crippen LogP contribution in [-0.4, -0.2) is 9.97 Å². The first-order chi connectivity index (χ1) is 8.65. The Morgan fingerprint density at radius 3 is 2.67 bits per heavy atom. The second kappa shape index (κ2) is 4.48. The van der Waals surface area contributed by atoms with Crippen molar-refractivity contribution in [1.82, 2.24) is 9.97 Å². The van der Waals surface area contributed by atoms with E-state index in [1.165, 1.54) is 6.07 Å². The molecule has 0 amide bonds. The van der Waals surface area contributed by atoms with E-state index in [4.69, 9.17) is 0 Å². The molecule has 5 heteroatoms. The van der Waals surface area contributed by atoms with Crippen molar-refractivity contribution < 1.29 is 4.39 Å². The molecular formula is C13H7Br2FN2. The van der Waals surface area contributed by atoms with E-state index in [9.17, 15) is 4.39 Å². The van der Waals surface area contributed by atoms with E-state index in [1.54, 1.807) is 18.2 Å². The maximum Gasteiger partial charge on any atom is 0.141 e. The zero-order chi connectivity index (χ0) is 12.7. The summed E-state index contributed by atoms with van der Waals surface area (Å²) in [5.74, 6) is 0.244. The molecule has 0 unspecified atom stereocenters. The number of fused-ring (bicyclic) bond motifs is 1. The number of halogens is 3. The van der Waals surface area contributed by atoms with Crippen molar-refractivity contribution in [3.63, 3.8) is 0 Å². The number of benzene rings is 2. The summed E-state index contributed by atoms with van der Waals surface area (Å²) in [6.07, 6.45) is 0. The molecule has 0 atom stereocenters. The third-order valence-electron chi connectivity index (χ3n) is 2.63. The summed E-state index contributed by atoms with van der Waals surface area (Å²) < 4.78 is 15.5. The summed E-state index contributed by atoms with van der Waals surface area (Å²) in [5, 5.41) is 0. The van der Waals surface area contributed by atoms with Crippen molar-refractivity contribution in [1.29, 1.82) is 0 Å². The summed E-state index contributed by atoms with van der Waals surface area (Å²) in [6.45, 7) is 0. The van der Waals surface area contributed by atoms with E-state index in [-0.39, 0.29) is 5.82 Å². The van der Waals surface area contributed by atoms with E-state index >= 15 is 0 Å². The molecule has 0 fully saturated rings. The number of aromatic nitrogens is 2. The lowest BCUT2D eigenvalue weighted by Crippen LogP contribution is -1.84. The summed E-state index contributed by atoms with van der Waals surface area (Å²) in [4.78, 5) is 7.54. The lowest BCUT2D eigenvalue weighted by Gasteiger charge is -1.96. The number of aromatic amines is 1. The van der Waals surface area contributed by atoms with Crippen LogP contribution >= 0.6 is 31.9 Å². The quantitative estimate of drug-likeness (QED) is 0.649. The number of imidazole rings is 1. The van der Waals surface area contributed by atoms with E-state index in [0.29, 0.717) is 11.4 Å². The highest BCUT2D eigenvalue weighted by Gasteiger charge is 2.11.